The Morgan fingerprint density at radius 3 is 2.42 bits per heavy atom. The molecule has 0 unspecified atom stereocenters. The third-order valence-electron chi connectivity index (χ3n) is 2.77. The first-order valence-electron chi connectivity index (χ1n) is 6.08. The van der Waals surface area contributed by atoms with Gasteiger partial charge in [-0.15, -0.1) is 0 Å². The van der Waals surface area contributed by atoms with Crippen molar-refractivity contribution in [2.45, 2.75) is 20.5 Å². The van der Waals surface area contributed by atoms with Crippen molar-refractivity contribution in [3.63, 3.8) is 0 Å². The quantitative estimate of drug-likeness (QED) is 0.909. The van der Waals surface area contributed by atoms with E-state index in [1.54, 1.807) is 18.2 Å². The fourth-order valence-electron chi connectivity index (χ4n) is 2.04. The van der Waals surface area contributed by atoms with E-state index in [0.717, 1.165) is 5.56 Å². The number of aromatic carboxylic acids is 1. The van der Waals surface area contributed by atoms with Crippen molar-refractivity contribution in [3.8, 4) is 5.75 Å². The largest absolute Gasteiger partial charge is 0.489 e. The van der Waals surface area contributed by atoms with Gasteiger partial charge in [0.1, 0.15) is 12.4 Å². The van der Waals surface area contributed by atoms with E-state index in [4.69, 9.17) is 9.84 Å². The van der Waals surface area contributed by atoms with E-state index in [2.05, 4.69) is 18.2 Å². The summed E-state index contributed by atoms with van der Waals surface area (Å²) < 4.78 is 5.63. The van der Waals surface area contributed by atoms with Gasteiger partial charge in [0.2, 0.25) is 0 Å². The van der Waals surface area contributed by atoms with E-state index in [0.29, 0.717) is 12.4 Å². The molecule has 0 atom stereocenters. The molecular weight excluding hydrogens is 240 g/mol. The van der Waals surface area contributed by atoms with Gasteiger partial charge in [-0.25, -0.2) is 4.79 Å². The molecule has 2 aromatic carbocycles. The molecule has 3 heteroatoms. The average Bonchev–Trinajstić information content (AvgIpc) is 2.35. The first-order chi connectivity index (χ1) is 9.04. The lowest BCUT2D eigenvalue weighted by Crippen LogP contribution is -1.99. The molecule has 0 amide bonds. The van der Waals surface area contributed by atoms with Crippen LogP contribution in [0.25, 0.3) is 0 Å². The van der Waals surface area contributed by atoms with Gasteiger partial charge >= 0.3 is 5.97 Å². The Balaban J connectivity index is 2.10. The molecule has 2 rings (SSSR count). The second-order valence-electron chi connectivity index (χ2n) is 4.62. The topological polar surface area (TPSA) is 46.5 Å². The molecule has 0 aliphatic rings. The number of aryl methyl sites for hydroxylation is 2. The number of carboxylic acid groups (broad SMARTS) is 1. The maximum atomic E-state index is 10.9. The van der Waals surface area contributed by atoms with Crippen molar-refractivity contribution in [2.24, 2.45) is 0 Å². The molecule has 1 N–H and O–H groups in total. The minimum absolute atomic E-state index is 0.234. The molecule has 0 saturated carbocycles. The van der Waals surface area contributed by atoms with Crippen LogP contribution in [0.5, 0.6) is 5.75 Å². The Morgan fingerprint density at radius 2 is 1.79 bits per heavy atom. The second-order valence-corrected chi connectivity index (χ2v) is 4.62. The highest BCUT2D eigenvalue weighted by molar-refractivity contribution is 5.87. The lowest BCUT2D eigenvalue weighted by Gasteiger charge is -2.08. The smallest absolute Gasteiger partial charge is 0.335 e. The Bertz CT molecular complexity index is 582. The minimum atomic E-state index is -0.947. The van der Waals surface area contributed by atoms with Crippen LogP contribution in [0.2, 0.25) is 0 Å². The molecule has 0 bridgehead atoms. The zero-order valence-electron chi connectivity index (χ0n) is 11.0. The summed E-state index contributed by atoms with van der Waals surface area (Å²) >= 11 is 0. The van der Waals surface area contributed by atoms with E-state index < -0.39 is 5.97 Å². The van der Waals surface area contributed by atoms with E-state index in [1.807, 2.05) is 13.8 Å². The Kier molecular flexibility index (Phi) is 3.85. The van der Waals surface area contributed by atoms with Crippen LogP contribution in [0.3, 0.4) is 0 Å². The highest BCUT2D eigenvalue weighted by Gasteiger charge is 2.04. The predicted octanol–water partition coefficient (Wildman–Crippen LogP) is 3.58. The van der Waals surface area contributed by atoms with Crippen LogP contribution < -0.4 is 4.74 Å². The number of hydrogen-bond acceptors (Lipinski definition) is 2. The highest BCUT2D eigenvalue weighted by atomic mass is 16.5. The van der Waals surface area contributed by atoms with E-state index in [9.17, 15) is 4.79 Å². The molecule has 0 heterocycles. The van der Waals surface area contributed by atoms with Gasteiger partial charge in [-0.3, -0.25) is 0 Å². The van der Waals surface area contributed by atoms with Crippen LogP contribution in [0.15, 0.2) is 42.5 Å². The van der Waals surface area contributed by atoms with Gasteiger partial charge in [0.05, 0.1) is 5.56 Å². The number of ether oxygens (including phenoxy) is 1. The van der Waals surface area contributed by atoms with Gasteiger partial charge in [0.15, 0.2) is 0 Å². The Morgan fingerprint density at radius 1 is 1.11 bits per heavy atom. The molecule has 0 aromatic heterocycles. The monoisotopic (exact) mass is 256 g/mol. The number of hydrogen-bond donors (Lipinski definition) is 1. The molecule has 2 aromatic rings. The molecule has 19 heavy (non-hydrogen) atoms. The molecule has 3 nitrogen and oxygen atoms in total. The summed E-state index contributed by atoms with van der Waals surface area (Å²) in [6, 6.07) is 12.8. The minimum Gasteiger partial charge on any atom is -0.489 e. The fourth-order valence-corrected chi connectivity index (χ4v) is 2.04. The van der Waals surface area contributed by atoms with E-state index >= 15 is 0 Å². The molecule has 0 saturated heterocycles. The van der Waals surface area contributed by atoms with Crippen molar-refractivity contribution < 1.29 is 14.6 Å². The van der Waals surface area contributed by atoms with E-state index in [1.165, 1.54) is 17.2 Å². The lowest BCUT2D eigenvalue weighted by atomic mass is 10.1. The standard InChI is InChI=1S/C16H16O3/c1-11-6-12(2)8-13(7-11)10-19-15-5-3-4-14(9-15)16(17)18/h3-9H,10H2,1-2H3,(H,17,18). The maximum Gasteiger partial charge on any atom is 0.335 e. The number of carbonyl (C=O) groups is 1. The molecule has 0 aliphatic heterocycles. The molecule has 0 fully saturated rings. The molecule has 0 spiro atoms. The summed E-state index contributed by atoms with van der Waals surface area (Å²) in [6.07, 6.45) is 0. The summed E-state index contributed by atoms with van der Waals surface area (Å²) in [6.45, 7) is 4.52. The zero-order valence-corrected chi connectivity index (χ0v) is 11.0. The number of benzene rings is 2. The van der Waals surface area contributed by atoms with Gasteiger partial charge in [-0.1, -0.05) is 35.4 Å². The van der Waals surface area contributed by atoms with Crippen LogP contribution in [0.4, 0.5) is 0 Å². The third-order valence-corrected chi connectivity index (χ3v) is 2.77. The van der Waals surface area contributed by atoms with Crippen molar-refractivity contribution in [3.05, 3.63) is 64.7 Å². The molecular formula is C16H16O3. The van der Waals surface area contributed by atoms with Crippen molar-refractivity contribution in [1.29, 1.82) is 0 Å². The summed E-state index contributed by atoms with van der Waals surface area (Å²) in [5.41, 5.74) is 3.70. The number of carboxylic acids is 1. The molecule has 0 radical (unpaired) electrons. The maximum absolute atomic E-state index is 10.9. The van der Waals surface area contributed by atoms with Crippen LogP contribution >= 0.6 is 0 Å². The van der Waals surface area contributed by atoms with Crippen molar-refractivity contribution in [1.82, 2.24) is 0 Å². The van der Waals surface area contributed by atoms with Crippen LogP contribution in [-0.2, 0) is 6.61 Å². The number of rotatable bonds is 4. The lowest BCUT2D eigenvalue weighted by molar-refractivity contribution is 0.0696. The first kappa shape index (κ1) is 13.1. The third kappa shape index (κ3) is 3.58. The normalized spacial score (nSPS) is 10.2. The van der Waals surface area contributed by atoms with Crippen molar-refractivity contribution >= 4 is 5.97 Å². The molecule has 0 aliphatic carbocycles. The van der Waals surface area contributed by atoms with Crippen LogP contribution in [0, 0.1) is 13.8 Å². The molecule has 98 valence electrons. The summed E-state index contributed by atoms with van der Waals surface area (Å²) in [5, 5.41) is 8.91. The fraction of sp³-hybridized carbons (Fsp3) is 0.188. The van der Waals surface area contributed by atoms with Gasteiger partial charge in [-0.2, -0.15) is 0 Å². The van der Waals surface area contributed by atoms with Gasteiger partial charge in [0.25, 0.3) is 0 Å². The SMILES string of the molecule is Cc1cc(C)cc(COc2cccc(C(=O)O)c2)c1. The summed E-state index contributed by atoms with van der Waals surface area (Å²) in [4.78, 5) is 10.9. The second kappa shape index (κ2) is 5.57. The first-order valence-corrected chi connectivity index (χ1v) is 6.08. The average molecular weight is 256 g/mol. The zero-order chi connectivity index (χ0) is 13.8. The van der Waals surface area contributed by atoms with Gasteiger partial charge in [0, 0.05) is 0 Å². The van der Waals surface area contributed by atoms with Crippen LogP contribution in [-0.4, -0.2) is 11.1 Å². The van der Waals surface area contributed by atoms with Gasteiger partial charge < -0.3 is 9.84 Å². The van der Waals surface area contributed by atoms with E-state index in [-0.39, 0.29) is 5.56 Å². The van der Waals surface area contributed by atoms with Crippen molar-refractivity contribution in [2.75, 3.05) is 0 Å². The predicted molar refractivity (Wildman–Crippen MR) is 73.6 cm³/mol. The Labute approximate surface area is 112 Å². The Hall–Kier alpha value is -2.29. The summed E-state index contributed by atoms with van der Waals surface area (Å²) in [5.74, 6) is -0.379. The van der Waals surface area contributed by atoms with Crippen LogP contribution in [0.1, 0.15) is 27.0 Å². The summed E-state index contributed by atoms with van der Waals surface area (Å²) in [7, 11) is 0. The highest BCUT2D eigenvalue weighted by Crippen LogP contribution is 2.16. The van der Waals surface area contributed by atoms with Gasteiger partial charge in [-0.05, 0) is 37.6 Å².